The fraction of sp³-hybridized carbons (Fsp3) is 0.133. The van der Waals surface area contributed by atoms with E-state index in [0.29, 0.717) is 0 Å². The van der Waals surface area contributed by atoms with Crippen LogP contribution in [0, 0.1) is 0 Å². The van der Waals surface area contributed by atoms with Crippen molar-refractivity contribution in [2.45, 2.75) is 25.7 Å². The topological polar surface area (TPSA) is 48.8 Å². The molecule has 36 heavy (non-hydrogen) atoms. The molecule has 0 aliphatic heterocycles. The minimum absolute atomic E-state index is 0.931. The van der Waals surface area contributed by atoms with Gasteiger partial charge in [-0.2, -0.15) is 10.2 Å². The van der Waals surface area contributed by atoms with Gasteiger partial charge in [0, 0.05) is 8.95 Å². The zero-order valence-electron chi connectivity index (χ0n) is 19.7. The molecule has 0 saturated heterocycles. The molecule has 0 saturated carbocycles. The largest absolute Gasteiger partial charge is 0.279 e. The van der Waals surface area contributed by atoms with E-state index < -0.39 is 0 Å². The minimum atomic E-state index is 0.931. The molecule has 4 nitrogen and oxygen atoms in total. The van der Waals surface area contributed by atoms with E-state index in [1.165, 1.54) is 33.4 Å². The predicted octanol–water partition coefficient (Wildman–Crippen LogP) is 7.99. The third-order valence-corrected chi connectivity index (χ3v) is 7.33. The summed E-state index contributed by atoms with van der Waals surface area (Å²) in [6.07, 6.45) is 7.71. The minimum Gasteiger partial charge on any atom is -0.279 e. The van der Waals surface area contributed by atoms with Gasteiger partial charge in [0.15, 0.2) is 0 Å². The van der Waals surface area contributed by atoms with E-state index in [4.69, 9.17) is 0 Å². The predicted molar refractivity (Wildman–Crippen MR) is 158 cm³/mol. The molecule has 6 heteroatoms. The maximum Gasteiger partial charge on any atom is 0.0562 e. The highest BCUT2D eigenvalue weighted by Crippen LogP contribution is 2.21. The van der Waals surface area contributed by atoms with Crippen molar-refractivity contribution in [3.63, 3.8) is 0 Å². The van der Waals surface area contributed by atoms with Crippen LogP contribution in [0.3, 0.4) is 0 Å². The molecule has 0 radical (unpaired) electrons. The van der Waals surface area contributed by atoms with E-state index in [1.807, 2.05) is 61.0 Å². The molecule has 2 N–H and O–H groups in total. The number of hydrogen-bond acceptors (Lipinski definition) is 4. The van der Waals surface area contributed by atoms with Gasteiger partial charge >= 0.3 is 0 Å². The number of nitrogens with zero attached hydrogens (tertiary/aromatic N) is 2. The van der Waals surface area contributed by atoms with Crippen molar-refractivity contribution >= 4 is 55.7 Å². The first-order valence-corrected chi connectivity index (χ1v) is 13.5. The van der Waals surface area contributed by atoms with Gasteiger partial charge in [-0.05, 0) is 120 Å². The number of hydrogen-bond donors (Lipinski definition) is 2. The normalized spacial score (nSPS) is 13.2. The van der Waals surface area contributed by atoms with Crippen LogP contribution >= 0.6 is 31.9 Å². The fourth-order valence-corrected chi connectivity index (χ4v) is 4.78. The Morgan fingerprint density at radius 3 is 1.36 bits per heavy atom. The molecular formula is C30H26Br2N4. The average Bonchev–Trinajstić information content (AvgIpc) is 2.88. The van der Waals surface area contributed by atoms with Crippen LogP contribution in [0.1, 0.15) is 33.4 Å². The van der Waals surface area contributed by atoms with Crippen molar-refractivity contribution in [2.75, 3.05) is 10.9 Å². The quantitative estimate of drug-likeness (QED) is 0.174. The molecule has 0 amide bonds. The Hall–Kier alpha value is -3.22. The van der Waals surface area contributed by atoms with Gasteiger partial charge in [-0.1, -0.05) is 56.1 Å². The summed E-state index contributed by atoms with van der Waals surface area (Å²) >= 11 is 6.94. The second-order valence-electron chi connectivity index (χ2n) is 8.82. The highest BCUT2D eigenvalue weighted by molar-refractivity contribution is 9.10. The second-order valence-corrected chi connectivity index (χ2v) is 10.7. The standard InChI is InChI=1S/C30H26Br2N4/c31-27-9-13-29(14-10-27)35-33-19-25-17-21-1-2-22-4-6-24(8-7-23(25)5-3-21)26(18-22)20-34-36-30-15-11-28(32)12-16-30/h3-6,9-20,35-36H,1-2,7-8H2/b33-19+,34-20+. The number of benzene rings is 4. The summed E-state index contributed by atoms with van der Waals surface area (Å²) in [7, 11) is 0. The van der Waals surface area contributed by atoms with Crippen molar-refractivity contribution < 1.29 is 0 Å². The number of hydrazone groups is 2. The number of anilines is 2. The molecule has 4 aliphatic carbocycles. The van der Waals surface area contributed by atoms with Crippen LogP contribution in [0.5, 0.6) is 0 Å². The van der Waals surface area contributed by atoms with Crippen molar-refractivity contribution in [3.05, 3.63) is 127 Å². The number of aryl methyl sites for hydroxylation is 4. The van der Waals surface area contributed by atoms with Gasteiger partial charge in [-0.25, -0.2) is 0 Å². The summed E-state index contributed by atoms with van der Waals surface area (Å²) in [5.74, 6) is 0. The highest BCUT2D eigenvalue weighted by atomic mass is 79.9. The van der Waals surface area contributed by atoms with Crippen LogP contribution in [0.2, 0.25) is 0 Å². The van der Waals surface area contributed by atoms with Crippen LogP contribution in [-0.2, 0) is 25.7 Å². The first-order chi connectivity index (χ1) is 17.6. The first kappa shape index (κ1) is 24.5. The summed E-state index contributed by atoms with van der Waals surface area (Å²) in [4.78, 5) is 0. The third kappa shape index (κ3) is 6.50. The summed E-state index contributed by atoms with van der Waals surface area (Å²) in [5.41, 5.74) is 15.8. The van der Waals surface area contributed by atoms with E-state index in [0.717, 1.165) is 46.0 Å². The molecule has 0 unspecified atom stereocenters. The third-order valence-electron chi connectivity index (χ3n) is 6.27. The van der Waals surface area contributed by atoms with Gasteiger partial charge in [0.05, 0.1) is 23.8 Å². The Kier molecular flexibility index (Phi) is 7.94. The Bertz CT molecular complexity index is 1280. The Balaban J connectivity index is 1.34. The second kappa shape index (κ2) is 11.7. The van der Waals surface area contributed by atoms with E-state index >= 15 is 0 Å². The van der Waals surface area contributed by atoms with Crippen LogP contribution in [0.25, 0.3) is 0 Å². The van der Waals surface area contributed by atoms with E-state index in [2.05, 4.69) is 89.3 Å². The van der Waals surface area contributed by atoms with E-state index in [9.17, 15) is 0 Å². The van der Waals surface area contributed by atoms with Crippen LogP contribution < -0.4 is 10.9 Å². The molecule has 4 bridgehead atoms. The van der Waals surface area contributed by atoms with Gasteiger partial charge in [0.25, 0.3) is 0 Å². The summed E-state index contributed by atoms with van der Waals surface area (Å²) in [5, 5.41) is 9.05. The SMILES string of the molecule is Brc1ccc(N/N=C/c2cc3ccc2CCc2ccc(cc2/C=N/Nc2ccc(Br)cc2)CC3)cc1. The van der Waals surface area contributed by atoms with Crippen molar-refractivity contribution in [1.29, 1.82) is 0 Å². The Labute approximate surface area is 228 Å². The first-order valence-electron chi connectivity index (χ1n) is 12.0. The van der Waals surface area contributed by atoms with Crippen LogP contribution in [-0.4, -0.2) is 12.4 Å². The van der Waals surface area contributed by atoms with Crippen molar-refractivity contribution in [1.82, 2.24) is 0 Å². The van der Waals surface area contributed by atoms with Gasteiger partial charge in [0.1, 0.15) is 0 Å². The number of rotatable bonds is 6. The molecule has 0 aromatic heterocycles. The van der Waals surface area contributed by atoms with E-state index in [-0.39, 0.29) is 0 Å². The molecule has 4 aliphatic rings. The van der Waals surface area contributed by atoms with E-state index in [1.54, 1.807) is 0 Å². The van der Waals surface area contributed by atoms with Gasteiger partial charge in [-0.15, -0.1) is 0 Å². The highest BCUT2D eigenvalue weighted by Gasteiger charge is 2.10. The van der Waals surface area contributed by atoms with Crippen LogP contribution in [0.4, 0.5) is 11.4 Å². The van der Waals surface area contributed by atoms with Gasteiger partial charge in [-0.3, -0.25) is 10.9 Å². The number of halogens is 2. The molecule has 4 aromatic carbocycles. The lowest BCUT2D eigenvalue weighted by Gasteiger charge is -2.14. The average molecular weight is 602 g/mol. The van der Waals surface area contributed by atoms with Gasteiger partial charge in [0.2, 0.25) is 0 Å². The molecule has 0 heterocycles. The van der Waals surface area contributed by atoms with Crippen LogP contribution in [0.15, 0.2) is 104 Å². The Morgan fingerprint density at radius 2 is 0.944 bits per heavy atom. The lowest BCUT2D eigenvalue weighted by Crippen LogP contribution is -2.05. The number of nitrogens with one attached hydrogen (secondary N) is 2. The van der Waals surface area contributed by atoms with Gasteiger partial charge < -0.3 is 0 Å². The van der Waals surface area contributed by atoms with Crippen molar-refractivity contribution in [3.8, 4) is 0 Å². The molecule has 4 aromatic rings. The summed E-state index contributed by atoms with van der Waals surface area (Å²) in [6, 6.07) is 29.6. The lowest BCUT2D eigenvalue weighted by atomic mass is 9.91. The monoisotopic (exact) mass is 600 g/mol. The summed E-state index contributed by atoms with van der Waals surface area (Å²) in [6.45, 7) is 0. The zero-order valence-corrected chi connectivity index (χ0v) is 22.9. The molecule has 180 valence electrons. The van der Waals surface area contributed by atoms with Crippen molar-refractivity contribution in [2.24, 2.45) is 10.2 Å². The Morgan fingerprint density at radius 1 is 0.528 bits per heavy atom. The molecule has 8 rings (SSSR count). The summed E-state index contributed by atoms with van der Waals surface area (Å²) < 4.78 is 2.10. The molecule has 0 fully saturated rings. The molecule has 0 spiro atoms. The molecular weight excluding hydrogens is 576 g/mol. The maximum atomic E-state index is 4.52. The lowest BCUT2D eigenvalue weighted by molar-refractivity contribution is 0.918. The maximum absolute atomic E-state index is 4.52. The zero-order chi connectivity index (χ0) is 24.7. The molecule has 0 atom stereocenters. The smallest absolute Gasteiger partial charge is 0.0562 e. The fourth-order valence-electron chi connectivity index (χ4n) is 4.26.